The van der Waals surface area contributed by atoms with Gasteiger partial charge in [-0.1, -0.05) is 23.4 Å². The van der Waals surface area contributed by atoms with Crippen LogP contribution in [0.15, 0.2) is 23.1 Å². The molecular formula is C15H15ClN2O2S2. The molecule has 3 aliphatic heterocycles. The van der Waals surface area contributed by atoms with Gasteiger partial charge < -0.3 is 4.90 Å². The fourth-order valence-electron chi connectivity index (χ4n) is 3.32. The molecule has 0 spiro atoms. The van der Waals surface area contributed by atoms with Gasteiger partial charge in [0.2, 0.25) is 5.91 Å². The average molecular weight is 355 g/mol. The van der Waals surface area contributed by atoms with Gasteiger partial charge in [-0.2, -0.15) is 11.8 Å². The lowest BCUT2D eigenvalue weighted by molar-refractivity contribution is -0.133. The number of benzene rings is 1. The van der Waals surface area contributed by atoms with Crippen molar-refractivity contribution in [3.05, 3.63) is 23.2 Å². The summed E-state index contributed by atoms with van der Waals surface area (Å²) in [5.74, 6) is 2.04. The molecule has 0 bridgehead atoms. The lowest BCUT2D eigenvalue weighted by Gasteiger charge is -2.36. The second-order valence-electron chi connectivity index (χ2n) is 5.63. The van der Waals surface area contributed by atoms with Crippen LogP contribution in [0.5, 0.6) is 0 Å². The summed E-state index contributed by atoms with van der Waals surface area (Å²) in [5, 5.41) is 0.594. The highest BCUT2D eigenvalue weighted by Crippen LogP contribution is 2.57. The number of carbonyl (C=O) groups is 2. The molecule has 3 heterocycles. The van der Waals surface area contributed by atoms with E-state index >= 15 is 0 Å². The number of nitrogens with zero attached hydrogens (tertiary/aromatic N) is 2. The van der Waals surface area contributed by atoms with Crippen LogP contribution in [0.2, 0.25) is 5.02 Å². The van der Waals surface area contributed by atoms with Crippen molar-refractivity contribution in [3.8, 4) is 0 Å². The largest absolute Gasteiger partial charge is 0.338 e. The summed E-state index contributed by atoms with van der Waals surface area (Å²) in [5.41, 5.74) is 0.791. The minimum Gasteiger partial charge on any atom is -0.338 e. The van der Waals surface area contributed by atoms with Crippen molar-refractivity contribution >= 4 is 52.6 Å². The van der Waals surface area contributed by atoms with E-state index in [1.54, 1.807) is 11.0 Å². The molecule has 1 aromatic rings. The molecule has 7 heteroatoms. The third kappa shape index (κ3) is 2.07. The van der Waals surface area contributed by atoms with Crippen LogP contribution in [0.4, 0.5) is 5.69 Å². The van der Waals surface area contributed by atoms with E-state index in [1.165, 1.54) is 11.8 Å². The number of hydrogen-bond acceptors (Lipinski definition) is 4. The molecule has 2 saturated heterocycles. The van der Waals surface area contributed by atoms with Crippen LogP contribution in [-0.4, -0.2) is 46.2 Å². The smallest absolute Gasteiger partial charge is 0.259 e. The lowest BCUT2D eigenvalue weighted by Crippen LogP contribution is -2.55. The van der Waals surface area contributed by atoms with Gasteiger partial charge >= 0.3 is 0 Å². The highest BCUT2D eigenvalue weighted by molar-refractivity contribution is 8.02. The Bertz CT molecular complexity index is 663. The highest BCUT2D eigenvalue weighted by atomic mass is 35.5. The fourth-order valence-corrected chi connectivity index (χ4v) is 5.86. The summed E-state index contributed by atoms with van der Waals surface area (Å²) in [4.78, 5) is 29.4. The minimum absolute atomic E-state index is 0.0215. The molecule has 0 N–H and O–H groups in total. The van der Waals surface area contributed by atoms with E-state index in [9.17, 15) is 9.59 Å². The molecule has 4 rings (SSSR count). The first kappa shape index (κ1) is 14.7. The summed E-state index contributed by atoms with van der Waals surface area (Å²) in [6.45, 7) is 1.54. The van der Waals surface area contributed by atoms with E-state index in [1.807, 2.05) is 28.8 Å². The Kier molecular flexibility index (Phi) is 3.58. The molecule has 1 unspecified atom stereocenters. The topological polar surface area (TPSA) is 40.6 Å². The first-order chi connectivity index (χ1) is 10.6. The van der Waals surface area contributed by atoms with Crippen molar-refractivity contribution in [2.75, 3.05) is 29.5 Å². The van der Waals surface area contributed by atoms with Crippen LogP contribution >= 0.6 is 35.1 Å². The Hall–Kier alpha value is -0.850. The van der Waals surface area contributed by atoms with Gasteiger partial charge in [0, 0.05) is 40.9 Å². The number of anilines is 1. The van der Waals surface area contributed by atoms with Crippen LogP contribution < -0.4 is 4.90 Å². The Morgan fingerprint density at radius 3 is 2.82 bits per heavy atom. The van der Waals surface area contributed by atoms with Gasteiger partial charge in [-0.15, -0.1) is 0 Å². The maximum Gasteiger partial charge on any atom is 0.259 e. The average Bonchev–Trinajstić information content (AvgIpc) is 3.04. The zero-order chi connectivity index (χ0) is 15.3. The maximum absolute atomic E-state index is 13.2. The summed E-state index contributed by atoms with van der Waals surface area (Å²) >= 11 is 9.48. The molecule has 0 aromatic heterocycles. The third-order valence-corrected chi connectivity index (χ3v) is 7.00. The molecule has 22 heavy (non-hydrogen) atoms. The van der Waals surface area contributed by atoms with E-state index in [0.717, 1.165) is 35.2 Å². The predicted octanol–water partition coefficient (Wildman–Crippen LogP) is 2.84. The number of hydrogen-bond donors (Lipinski definition) is 0. The quantitative estimate of drug-likeness (QED) is 0.777. The zero-order valence-corrected chi connectivity index (χ0v) is 14.3. The van der Waals surface area contributed by atoms with Crippen LogP contribution in [0.1, 0.15) is 12.8 Å². The fraction of sp³-hybridized carbons (Fsp3) is 0.467. The highest BCUT2D eigenvalue weighted by Gasteiger charge is 2.58. The van der Waals surface area contributed by atoms with Gasteiger partial charge in [-0.25, -0.2) is 0 Å². The molecule has 0 aliphatic carbocycles. The molecule has 4 nitrogen and oxygen atoms in total. The van der Waals surface area contributed by atoms with E-state index in [4.69, 9.17) is 11.6 Å². The number of thioether (sulfide) groups is 2. The SMILES string of the molecule is O=C1CCC2(C(=O)N3CCSCC3)Sc3ccc(Cl)cc3N12. The van der Waals surface area contributed by atoms with Crippen LogP contribution in [0.3, 0.4) is 0 Å². The van der Waals surface area contributed by atoms with Crippen molar-refractivity contribution in [2.45, 2.75) is 22.6 Å². The predicted molar refractivity (Wildman–Crippen MR) is 90.7 cm³/mol. The molecule has 0 saturated carbocycles. The molecule has 2 fully saturated rings. The molecular weight excluding hydrogens is 340 g/mol. The van der Waals surface area contributed by atoms with Crippen LogP contribution in [0, 0.1) is 0 Å². The lowest BCUT2D eigenvalue weighted by atomic mass is 10.1. The molecule has 2 amide bonds. The molecule has 3 aliphatic rings. The Labute approximate surface area is 142 Å². The number of rotatable bonds is 1. The molecule has 1 aromatic carbocycles. The second-order valence-corrected chi connectivity index (χ2v) is 8.61. The molecule has 0 radical (unpaired) electrons. The second kappa shape index (κ2) is 5.35. The molecule has 116 valence electrons. The van der Waals surface area contributed by atoms with Crippen molar-refractivity contribution in [3.63, 3.8) is 0 Å². The minimum atomic E-state index is -0.786. The van der Waals surface area contributed by atoms with E-state index in [0.29, 0.717) is 17.9 Å². The Morgan fingerprint density at radius 2 is 2.05 bits per heavy atom. The third-order valence-electron chi connectivity index (χ3n) is 4.36. The van der Waals surface area contributed by atoms with Gasteiger partial charge in [-0.3, -0.25) is 14.5 Å². The first-order valence-electron chi connectivity index (χ1n) is 7.30. The van der Waals surface area contributed by atoms with Crippen LogP contribution in [-0.2, 0) is 9.59 Å². The Balaban J connectivity index is 1.74. The summed E-state index contributed by atoms with van der Waals surface area (Å²) in [6, 6.07) is 5.53. The van der Waals surface area contributed by atoms with Crippen molar-refractivity contribution in [1.29, 1.82) is 0 Å². The first-order valence-corrected chi connectivity index (χ1v) is 9.65. The number of carbonyl (C=O) groups excluding carboxylic acids is 2. The molecule has 1 atom stereocenters. The van der Waals surface area contributed by atoms with Crippen molar-refractivity contribution in [1.82, 2.24) is 4.90 Å². The number of halogens is 1. The van der Waals surface area contributed by atoms with Crippen molar-refractivity contribution in [2.24, 2.45) is 0 Å². The van der Waals surface area contributed by atoms with Gasteiger partial charge in [0.05, 0.1) is 5.69 Å². The zero-order valence-electron chi connectivity index (χ0n) is 11.9. The normalized spacial score (nSPS) is 27.0. The van der Waals surface area contributed by atoms with E-state index < -0.39 is 4.87 Å². The van der Waals surface area contributed by atoms with Gasteiger partial charge in [0.25, 0.3) is 5.91 Å². The van der Waals surface area contributed by atoms with E-state index in [2.05, 4.69) is 0 Å². The summed E-state index contributed by atoms with van der Waals surface area (Å²) in [7, 11) is 0. The van der Waals surface area contributed by atoms with Gasteiger partial charge in [-0.05, 0) is 24.6 Å². The number of amides is 2. The Morgan fingerprint density at radius 1 is 1.27 bits per heavy atom. The maximum atomic E-state index is 13.2. The van der Waals surface area contributed by atoms with Crippen LogP contribution in [0.25, 0.3) is 0 Å². The van der Waals surface area contributed by atoms with Crippen molar-refractivity contribution < 1.29 is 9.59 Å². The van der Waals surface area contributed by atoms with Gasteiger partial charge in [0.15, 0.2) is 4.87 Å². The number of fused-ring (bicyclic) bond motifs is 3. The standard InChI is InChI=1S/C15H15ClN2O2S2/c16-10-1-2-12-11(9-10)18-13(19)3-4-15(18,22-12)14(20)17-5-7-21-8-6-17/h1-2,9H,3-8H2. The summed E-state index contributed by atoms with van der Waals surface area (Å²) < 4.78 is 0. The summed E-state index contributed by atoms with van der Waals surface area (Å²) in [6.07, 6.45) is 0.999. The van der Waals surface area contributed by atoms with Gasteiger partial charge in [0.1, 0.15) is 0 Å². The van der Waals surface area contributed by atoms with E-state index in [-0.39, 0.29) is 11.8 Å². The monoisotopic (exact) mass is 354 g/mol.